The number of rotatable bonds is 8. The molecule has 0 atom stereocenters. The summed E-state index contributed by atoms with van der Waals surface area (Å²) in [5.41, 5.74) is 1.75. The second kappa shape index (κ2) is 10.1. The van der Waals surface area contributed by atoms with Gasteiger partial charge in [-0.25, -0.2) is 9.97 Å². The number of aryl methyl sites for hydroxylation is 1. The minimum Gasteiger partial charge on any atom is -0.506 e. The fraction of sp³-hybridized carbons (Fsp3) is 0.174. The Labute approximate surface area is 203 Å². The smallest absolute Gasteiger partial charge is 0.271 e. The lowest BCUT2D eigenvalue weighted by atomic mass is 10.0. The van der Waals surface area contributed by atoms with Crippen molar-refractivity contribution in [2.75, 3.05) is 17.7 Å². The molecule has 0 bridgehead atoms. The number of aromatic hydroxyl groups is 1. The highest BCUT2D eigenvalue weighted by molar-refractivity contribution is 8.00. The zero-order valence-corrected chi connectivity index (χ0v) is 19.9. The Morgan fingerprint density at radius 2 is 2.00 bits per heavy atom. The van der Waals surface area contributed by atoms with Crippen LogP contribution in [-0.2, 0) is 4.79 Å². The molecule has 2 aromatic carbocycles. The highest BCUT2D eigenvalue weighted by atomic mass is 32.2. The maximum atomic E-state index is 12.5. The molecule has 0 saturated heterocycles. The molecule has 1 amide bonds. The van der Waals surface area contributed by atoms with Gasteiger partial charge in [0.05, 0.1) is 28.4 Å². The van der Waals surface area contributed by atoms with Gasteiger partial charge in [0.1, 0.15) is 27.7 Å². The fourth-order valence-electron chi connectivity index (χ4n) is 3.42. The first kappa shape index (κ1) is 23.5. The number of nitrogens with zero attached hydrogens (tertiary/aromatic N) is 3. The van der Waals surface area contributed by atoms with Crippen molar-refractivity contribution >= 4 is 50.6 Å². The summed E-state index contributed by atoms with van der Waals surface area (Å²) in [4.78, 5) is 33.6. The Morgan fingerprint density at radius 1 is 1.24 bits per heavy atom. The monoisotopic (exact) mass is 496 g/mol. The van der Waals surface area contributed by atoms with Crippen LogP contribution in [0.1, 0.15) is 11.8 Å². The minimum atomic E-state index is -0.594. The summed E-state index contributed by atoms with van der Waals surface area (Å²) in [7, 11) is 0. The minimum absolute atomic E-state index is 0.00808. The van der Waals surface area contributed by atoms with Gasteiger partial charge in [0.15, 0.2) is 0 Å². The second-order valence-corrected chi connectivity index (χ2v) is 9.31. The van der Waals surface area contributed by atoms with Gasteiger partial charge in [0.2, 0.25) is 5.91 Å². The molecule has 0 unspecified atom stereocenters. The zero-order chi connectivity index (χ0) is 24.2. The van der Waals surface area contributed by atoms with E-state index in [2.05, 4.69) is 15.3 Å². The van der Waals surface area contributed by atoms with Gasteiger partial charge in [-0.3, -0.25) is 14.9 Å². The van der Waals surface area contributed by atoms with Gasteiger partial charge in [-0.15, -0.1) is 11.3 Å². The third-order valence-electron chi connectivity index (χ3n) is 4.89. The van der Waals surface area contributed by atoms with E-state index in [4.69, 9.17) is 4.74 Å². The molecule has 4 rings (SSSR count). The number of benzene rings is 2. The number of aromatic nitrogens is 2. The third kappa shape index (κ3) is 4.95. The molecule has 9 nitrogen and oxygen atoms in total. The summed E-state index contributed by atoms with van der Waals surface area (Å²) in [6.07, 6.45) is 1.47. The molecule has 4 aromatic rings. The van der Waals surface area contributed by atoms with E-state index in [1.54, 1.807) is 11.3 Å². The van der Waals surface area contributed by atoms with Crippen molar-refractivity contribution in [3.8, 4) is 22.6 Å². The quantitative estimate of drug-likeness (QED) is 0.109. The summed E-state index contributed by atoms with van der Waals surface area (Å²) in [6.45, 7) is 4.54. The molecule has 0 saturated carbocycles. The van der Waals surface area contributed by atoms with Crippen LogP contribution < -0.4 is 10.1 Å². The van der Waals surface area contributed by atoms with E-state index in [1.807, 2.05) is 38.1 Å². The number of non-ortho nitro benzene ring substituents is 1. The predicted octanol–water partition coefficient (Wildman–Crippen LogP) is 5.41. The summed E-state index contributed by atoms with van der Waals surface area (Å²) in [5.74, 6) is 0.100. The first-order valence-corrected chi connectivity index (χ1v) is 12.0. The van der Waals surface area contributed by atoms with Crippen molar-refractivity contribution in [3.63, 3.8) is 0 Å². The van der Waals surface area contributed by atoms with Gasteiger partial charge in [-0.2, -0.15) is 0 Å². The number of hydrogen-bond acceptors (Lipinski definition) is 9. The van der Waals surface area contributed by atoms with E-state index in [0.717, 1.165) is 38.0 Å². The van der Waals surface area contributed by atoms with Crippen LogP contribution in [0.3, 0.4) is 0 Å². The maximum absolute atomic E-state index is 12.5. The van der Waals surface area contributed by atoms with Crippen LogP contribution in [-0.4, -0.2) is 38.3 Å². The number of carbonyl (C=O) groups is 1. The van der Waals surface area contributed by atoms with Crippen LogP contribution in [0.25, 0.3) is 21.3 Å². The van der Waals surface area contributed by atoms with Crippen LogP contribution in [0, 0.1) is 17.0 Å². The van der Waals surface area contributed by atoms with Gasteiger partial charge >= 0.3 is 0 Å². The van der Waals surface area contributed by atoms with Crippen LogP contribution in [0.4, 0.5) is 11.4 Å². The Kier molecular flexibility index (Phi) is 6.94. The van der Waals surface area contributed by atoms with Gasteiger partial charge in [-0.1, -0.05) is 23.9 Å². The van der Waals surface area contributed by atoms with E-state index >= 15 is 0 Å². The van der Waals surface area contributed by atoms with E-state index < -0.39 is 10.8 Å². The second-order valence-electron chi connectivity index (χ2n) is 7.15. The molecule has 2 heterocycles. The molecule has 2 N–H and O–H groups in total. The first-order chi connectivity index (χ1) is 16.4. The van der Waals surface area contributed by atoms with E-state index in [9.17, 15) is 20.0 Å². The molecule has 0 radical (unpaired) electrons. The fourth-order valence-corrected chi connectivity index (χ4v) is 5.30. The van der Waals surface area contributed by atoms with Gasteiger partial charge in [-0.05, 0) is 37.6 Å². The molecule has 0 aliphatic rings. The normalized spacial score (nSPS) is 10.9. The van der Waals surface area contributed by atoms with Crippen molar-refractivity contribution in [1.29, 1.82) is 0 Å². The molecule has 0 aliphatic heterocycles. The number of fused-ring (bicyclic) bond motifs is 1. The number of anilines is 1. The van der Waals surface area contributed by atoms with Crippen LogP contribution in [0.5, 0.6) is 11.5 Å². The molecule has 34 heavy (non-hydrogen) atoms. The highest BCUT2D eigenvalue weighted by Crippen LogP contribution is 2.41. The standard InChI is InChI=1S/C23H20N4O5S2/c1-3-32-16-7-4-14(5-8-16)20-13(2)34-23-21(20)22(24-12-25-23)33-11-19(29)26-17-10-15(27(30)31)6-9-18(17)28/h4-10,12,28H,3,11H2,1-2H3,(H,26,29). The molecular formula is C23H20N4O5S2. The lowest BCUT2D eigenvalue weighted by molar-refractivity contribution is -0.384. The average Bonchev–Trinajstić information content (AvgIpc) is 3.16. The summed E-state index contributed by atoms with van der Waals surface area (Å²) in [6, 6.07) is 11.3. The maximum Gasteiger partial charge on any atom is 0.271 e. The van der Waals surface area contributed by atoms with Crippen molar-refractivity contribution in [2.24, 2.45) is 0 Å². The number of hydrogen-bond donors (Lipinski definition) is 2. The number of thioether (sulfide) groups is 1. The van der Waals surface area contributed by atoms with Crippen molar-refractivity contribution in [2.45, 2.75) is 18.9 Å². The number of amides is 1. The van der Waals surface area contributed by atoms with E-state index in [1.165, 1.54) is 30.2 Å². The molecule has 11 heteroatoms. The molecule has 0 aliphatic carbocycles. The molecular weight excluding hydrogens is 476 g/mol. The van der Waals surface area contributed by atoms with Crippen LogP contribution in [0.2, 0.25) is 0 Å². The lowest BCUT2D eigenvalue weighted by Crippen LogP contribution is -2.14. The SMILES string of the molecule is CCOc1ccc(-c2c(C)sc3ncnc(SCC(=O)Nc4cc([N+](=O)[O-])ccc4O)c23)cc1. The van der Waals surface area contributed by atoms with Gasteiger partial charge < -0.3 is 15.2 Å². The van der Waals surface area contributed by atoms with Crippen molar-refractivity contribution in [1.82, 2.24) is 9.97 Å². The zero-order valence-electron chi connectivity index (χ0n) is 18.3. The van der Waals surface area contributed by atoms with Gasteiger partial charge in [0, 0.05) is 22.6 Å². The van der Waals surface area contributed by atoms with Crippen LogP contribution >= 0.6 is 23.1 Å². The number of phenols is 1. The number of ether oxygens (including phenoxy) is 1. The Bertz CT molecular complexity index is 1370. The summed E-state index contributed by atoms with van der Waals surface area (Å²) < 4.78 is 5.54. The summed E-state index contributed by atoms with van der Waals surface area (Å²) >= 11 is 2.78. The number of nitro benzene ring substituents is 1. The number of nitro groups is 1. The molecule has 0 fully saturated rings. The predicted molar refractivity (Wildman–Crippen MR) is 133 cm³/mol. The Morgan fingerprint density at radius 3 is 2.71 bits per heavy atom. The Balaban J connectivity index is 1.58. The van der Waals surface area contributed by atoms with Crippen molar-refractivity contribution < 1.29 is 19.6 Å². The molecule has 174 valence electrons. The number of nitrogens with one attached hydrogen (secondary N) is 1. The average molecular weight is 497 g/mol. The third-order valence-corrected chi connectivity index (χ3v) is 6.89. The molecule has 2 aromatic heterocycles. The van der Waals surface area contributed by atoms with E-state index in [0.29, 0.717) is 11.6 Å². The number of thiophene rings is 1. The molecule has 0 spiro atoms. The highest BCUT2D eigenvalue weighted by Gasteiger charge is 2.19. The number of phenolic OH excluding ortho intramolecular Hbond substituents is 1. The Hall–Kier alpha value is -3.70. The number of carbonyl (C=O) groups excluding carboxylic acids is 1. The van der Waals surface area contributed by atoms with Crippen molar-refractivity contribution in [3.05, 3.63) is 63.8 Å². The lowest BCUT2D eigenvalue weighted by Gasteiger charge is -2.09. The first-order valence-electron chi connectivity index (χ1n) is 10.2. The van der Waals surface area contributed by atoms with Gasteiger partial charge in [0.25, 0.3) is 5.69 Å². The van der Waals surface area contributed by atoms with Crippen LogP contribution in [0.15, 0.2) is 53.8 Å². The summed E-state index contributed by atoms with van der Waals surface area (Å²) in [5, 5.41) is 25.0. The topological polar surface area (TPSA) is 127 Å². The largest absolute Gasteiger partial charge is 0.506 e. The van der Waals surface area contributed by atoms with E-state index in [-0.39, 0.29) is 22.9 Å².